The van der Waals surface area contributed by atoms with Gasteiger partial charge in [-0.1, -0.05) is 0 Å². The van der Waals surface area contributed by atoms with Crippen molar-refractivity contribution in [3.63, 3.8) is 0 Å². The van der Waals surface area contributed by atoms with Crippen molar-refractivity contribution in [2.75, 3.05) is 52.3 Å². The van der Waals surface area contributed by atoms with E-state index in [1.165, 1.54) is 0 Å². The summed E-state index contributed by atoms with van der Waals surface area (Å²) in [6.45, 7) is 4.23. The molecule has 1 saturated heterocycles. The molecule has 3 rings (SSSR count). The third-order valence-electron chi connectivity index (χ3n) is 3.95. The Balaban J connectivity index is 1.84. The molecule has 2 aromatic rings. The van der Waals surface area contributed by atoms with Crippen molar-refractivity contribution in [2.24, 2.45) is 0 Å². The van der Waals surface area contributed by atoms with Gasteiger partial charge in [0.25, 0.3) is 0 Å². The topological polar surface area (TPSA) is 37.8 Å². The lowest BCUT2D eigenvalue weighted by atomic mass is 10.1. The number of methoxy groups -OCH3 is 2. The first-order valence-corrected chi connectivity index (χ1v) is 8.20. The maximum Gasteiger partial charge on any atom is 0.185 e. The Kier molecular flexibility index (Phi) is 4.49. The molecule has 0 amide bonds. The van der Waals surface area contributed by atoms with Crippen LogP contribution in [0.25, 0.3) is 11.3 Å². The highest BCUT2D eigenvalue weighted by Gasteiger charge is 2.18. The average Bonchev–Trinajstić information content (AvgIpc) is 3.04. The van der Waals surface area contributed by atoms with Gasteiger partial charge in [-0.15, -0.1) is 11.3 Å². The maximum atomic E-state index is 5.48. The van der Waals surface area contributed by atoms with Crippen LogP contribution < -0.4 is 14.4 Å². The molecule has 2 heterocycles. The van der Waals surface area contributed by atoms with Gasteiger partial charge in [0.15, 0.2) is 5.13 Å². The Morgan fingerprint density at radius 1 is 1.09 bits per heavy atom. The fourth-order valence-corrected chi connectivity index (χ4v) is 3.42. The van der Waals surface area contributed by atoms with Crippen LogP contribution in [0, 0.1) is 0 Å². The molecule has 22 heavy (non-hydrogen) atoms. The van der Waals surface area contributed by atoms with Gasteiger partial charge in [0, 0.05) is 43.2 Å². The fraction of sp³-hybridized carbons (Fsp3) is 0.438. The lowest BCUT2D eigenvalue weighted by molar-refractivity contribution is 0.313. The minimum atomic E-state index is 0.787. The van der Waals surface area contributed by atoms with E-state index in [4.69, 9.17) is 14.5 Å². The number of piperazine rings is 1. The van der Waals surface area contributed by atoms with Crippen LogP contribution in [0.4, 0.5) is 5.13 Å². The van der Waals surface area contributed by atoms with E-state index in [9.17, 15) is 0 Å². The summed E-state index contributed by atoms with van der Waals surface area (Å²) in [4.78, 5) is 9.49. The van der Waals surface area contributed by atoms with Crippen LogP contribution in [-0.4, -0.2) is 57.3 Å². The molecule has 0 N–H and O–H groups in total. The number of benzene rings is 1. The van der Waals surface area contributed by atoms with E-state index in [0.29, 0.717) is 0 Å². The average molecular weight is 319 g/mol. The summed E-state index contributed by atoms with van der Waals surface area (Å²) >= 11 is 1.69. The quantitative estimate of drug-likeness (QED) is 0.866. The molecule has 0 radical (unpaired) electrons. The number of rotatable bonds is 4. The van der Waals surface area contributed by atoms with E-state index >= 15 is 0 Å². The summed E-state index contributed by atoms with van der Waals surface area (Å²) in [6, 6.07) is 5.83. The normalized spacial score (nSPS) is 15.9. The van der Waals surface area contributed by atoms with Crippen molar-refractivity contribution in [3.8, 4) is 22.8 Å². The Morgan fingerprint density at radius 2 is 1.86 bits per heavy atom. The highest BCUT2D eigenvalue weighted by molar-refractivity contribution is 7.14. The summed E-state index contributed by atoms with van der Waals surface area (Å²) in [5.74, 6) is 1.57. The molecule has 6 heteroatoms. The van der Waals surface area contributed by atoms with Crippen LogP contribution >= 0.6 is 11.3 Å². The lowest BCUT2D eigenvalue weighted by Gasteiger charge is -2.32. The van der Waals surface area contributed by atoms with Crippen LogP contribution in [0.2, 0.25) is 0 Å². The van der Waals surface area contributed by atoms with Crippen LogP contribution in [0.3, 0.4) is 0 Å². The summed E-state index contributed by atoms with van der Waals surface area (Å²) in [6.07, 6.45) is 0. The van der Waals surface area contributed by atoms with Crippen molar-refractivity contribution in [1.82, 2.24) is 9.88 Å². The summed E-state index contributed by atoms with van der Waals surface area (Å²) in [5, 5.41) is 3.18. The number of hydrogen-bond acceptors (Lipinski definition) is 6. The van der Waals surface area contributed by atoms with Crippen LogP contribution in [0.1, 0.15) is 0 Å². The molecule has 0 saturated carbocycles. The zero-order chi connectivity index (χ0) is 15.5. The number of nitrogens with zero attached hydrogens (tertiary/aromatic N) is 3. The monoisotopic (exact) mass is 319 g/mol. The second-order valence-corrected chi connectivity index (χ2v) is 6.21. The van der Waals surface area contributed by atoms with Crippen LogP contribution in [0.5, 0.6) is 11.5 Å². The van der Waals surface area contributed by atoms with E-state index < -0.39 is 0 Å². The molecular formula is C16H21N3O2S. The SMILES string of the molecule is COc1ccc(-c2csc(N3CCN(C)CC3)n2)c(OC)c1. The molecule has 1 aromatic heterocycles. The van der Waals surface area contributed by atoms with Gasteiger partial charge in [0.05, 0.1) is 19.9 Å². The molecule has 0 spiro atoms. The van der Waals surface area contributed by atoms with Gasteiger partial charge in [-0.2, -0.15) is 0 Å². The highest BCUT2D eigenvalue weighted by atomic mass is 32.1. The summed E-state index contributed by atoms with van der Waals surface area (Å²) in [7, 11) is 5.49. The molecule has 1 fully saturated rings. The highest BCUT2D eigenvalue weighted by Crippen LogP contribution is 2.35. The van der Waals surface area contributed by atoms with Gasteiger partial charge in [-0.3, -0.25) is 0 Å². The molecule has 5 nitrogen and oxygen atoms in total. The van der Waals surface area contributed by atoms with Gasteiger partial charge < -0.3 is 19.3 Å². The van der Waals surface area contributed by atoms with Crippen LogP contribution in [0.15, 0.2) is 23.6 Å². The van der Waals surface area contributed by atoms with Crippen LogP contribution in [-0.2, 0) is 0 Å². The number of hydrogen-bond donors (Lipinski definition) is 0. The Bertz CT molecular complexity index is 636. The van der Waals surface area contributed by atoms with E-state index in [1.54, 1.807) is 25.6 Å². The number of anilines is 1. The molecule has 118 valence electrons. The molecule has 1 aromatic carbocycles. The largest absolute Gasteiger partial charge is 0.497 e. The van der Waals surface area contributed by atoms with Gasteiger partial charge in [-0.05, 0) is 19.2 Å². The Morgan fingerprint density at radius 3 is 2.55 bits per heavy atom. The van der Waals surface area contributed by atoms with Crippen molar-refractivity contribution < 1.29 is 9.47 Å². The third-order valence-corrected chi connectivity index (χ3v) is 4.85. The number of likely N-dealkylation sites (N-methyl/N-ethyl adjacent to an activating group) is 1. The number of ether oxygens (including phenoxy) is 2. The molecule has 1 aliphatic rings. The first-order valence-electron chi connectivity index (χ1n) is 7.32. The predicted octanol–water partition coefficient (Wildman–Crippen LogP) is 2.58. The predicted molar refractivity (Wildman–Crippen MR) is 90.4 cm³/mol. The van der Waals surface area contributed by atoms with E-state index in [1.807, 2.05) is 18.2 Å². The molecule has 0 bridgehead atoms. The van der Waals surface area contributed by atoms with Crippen molar-refractivity contribution >= 4 is 16.5 Å². The molecule has 1 aliphatic heterocycles. The first-order chi connectivity index (χ1) is 10.7. The van der Waals surface area contributed by atoms with Gasteiger partial charge >= 0.3 is 0 Å². The van der Waals surface area contributed by atoms with Crippen molar-refractivity contribution in [2.45, 2.75) is 0 Å². The van der Waals surface area contributed by atoms with Gasteiger partial charge in [0.2, 0.25) is 0 Å². The lowest BCUT2D eigenvalue weighted by Crippen LogP contribution is -2.44. The minimum absolute atomic E-state index is 0.787. The Hall–Kier alpha value is -1.79. The van der Waals surface area contributed by atoms with E-state index in [2.05, 4.69) is 22.2 Å². The number of aromatic nitrogens is 1. The number of thiazole rings is 1. The maximum absolute atomic E-state index is 5.48. The van der Waals surface area contributed by atoms with Gasteiger partial charge in [0.1, 0.15) is 11.5 Å². The van der Waals surface area contributed by atoms with E-state index in [-0.39, 0.29) is 0 Å². The smallest absolute Gasteiger partial charge is 0.185 e. The van der Waals surface area contributed by atoms with Gasteiger partial charge in [-0.25, -0.2) is 4.98 Å². The van der Waals surface area contributed by atoms with Crippen molar-refractivity contribution in [1.29, 1.82) is 0 Å². The summed E-state index contributed by atoms with van der Waals surface area (Å²) in [5.41, 5.74) is 1.96. The molecule has 0 aliphatic carbocycles. The second kappa shape index (κ2) is 6.54. The molecular weight excluding hydrogens is 298 g/mol. The first kappa shape index (κ1) is 15.1. The molecule has 0 atom stereocenters. The zero-order valence-corrected chi connectivity index (χ0v) is 14.0. The third kappa shape index (κ3) is 3.03. The second-order valence-electron chi connectivity index (χ2n) is 5.37. The fourth-order valence-electron chi connectivity index (χ4n) is 2.54. The van der Waals surface area contributed by atoms with E-state index in [0.717, 1.165) is 54.1 Å². The Labute approximate surface area is 135 Å². The summed E-state index contributed by atoms with van der Waals surface area (Å²) < 4.78 is 10.7. The zero-order valence-electron chi connectivity index (χ0n) is 13.2. The standard InChI is InChI=1S/C16H21N3O2S/c1-18-6-8-19(9-7-18)16-17-14(11-22-16)13-5-4-12(20-2)10-15(13)21-3/h4-5,10-11H,6-9H2,1-3H3. The van der Waals surface area contributed by atoms with Crippen molar-refractivity contribution in [3.05, 3.63) is 23.6 Å². The minimum Gasteiger partial charge on any atom is -0.497 e. The molecule has 0 unspecified atom stereocenters.